The number of nitrogens with one attached hydrogen (secondary N) is 1. The summed E-state index contributed by atoms with van der Waals surface area (Å²) in [5.74, 6) is -1.88. The SMILES string of the molecule is CC(C)(C)OC(=O)C[C@H](CCN1C(=O)CCCC1=O)NC(=O)c1cc(-c2ccccc2C(F)(F)F)n(C2CCCC2)n1. The van der Waals surface area contributed by atoms with Crippen molar-refractivity contribution in [1.82, 2.24) is 20.0 Å². The van der Waals surface area contributed by atoms with E-state index in [-0.39, 0.29) is 67.0 Å². The summed E-state index contributed by atoms with van der Waals surface area (Å²) in [5, 5.41) is 7.22. The highest BCUT2D eigenvalue weighted by molar-refractivity contribution is 5.97. The normalized spacial score (nSPS) is 17.4. The van der Waals surface area contributed by atoms with Crippen LogP contribution in [-0.2, 0) is 25.3 Å². The lowest BCUT2D eigenvalue weighted by Crippen LogP contribution is -2.45. The van der Waals surface area contributed by atoms with Crippen LogP contribution in [-0.4, -0.2) is 56.6 Å². The summed E-state index contributed by atoms with van der Waals surface area (Å²) in [7, 11) is 0. The first-order chi connectivity index (χ1) is 19.7. The monoisotopic (exact) mass is 590 g/mol. The number of alkyl halides is 3. The minimum atomic E-state index is -4.61. The van der Waals surface area contributed by atoms with Gasteiger partial charge in [0.25, 0.3) is 5.91 Å². The molecule has 0 radical (unpaired) electrons. The molecule has 2 fully saturated rings. The molecule has 2 heterocycles. The Morgan fingerprint density at radius 1 is 1.05 bits per heavy atom. The number of piperidine rings is 1. The molecule has 1 aliphatic carbocycles. The number of carbonyl (C=O) groups excluding carboxylic acids is 4. The third-order valence-electron chi connectivity index (χ3n) is 7.40. The molecule has 1 saturated carbocycles. The van der Waals surface area contributed by atoms with Gasteiger partial charge in [0.15, 0.2) is 5.69 Å². The van der Waals surface area contributed by atoms with E-state index in [1.807, 2.05) is 0 Å². The lowest BCUT2D eigenvalue weighted by molar-refractivity contribution is -0.155. The van der Waals surface area contributed by atoms with Crippen molar-refractivity contribution < 1.29 is 37.1 Å². The molecule has 4 rings (SSSR count). The van der Waals surface area contributed by atoms with Gasteiger partial charge in [-0.15, -0.1) is 0 Å². The number of amides is 3. The third kappa shape index (κ3) is 7.77. The lowest BCUT2D eigenvalue weighted by atomic mass is 10.0. The number of halogens is 3. The topological polar surface area (TPSA) is 111 Å². The molecule has 1 atom stereocenters. The summed E-state index contributed by atoms with van der Waals surface area (Å²) in [6.45, 7) is 5.13. The van der Waals surface area contributed by atoms with E-state index in [1.54, 1.807) is 20.8 Å². The molecule has 2 aromatic rings. The molecule has 9 nitrogen and oxygen atoms in total. The van der Waals surface area contributed by atoms with Crippen molar-refractivity contribution in [2.24, 2.45) is 0 Å². The van der Waals surface area contributed by atoms with Crippen molar-refractivity contribution in [3.63, 3.8) is 0 Å². The zero-order chi connectivity index (χ0) is 30.7. The maximum atomic E-state index is 13.9. The summed E-state index contributed by atoms with van der Waals surface area (Å²) in [6.07, 6.45) is -0.517. The number of nitrogens with zero attached hydrogens (tertiary/aromatic N) is 3. The first-order valence-corrected chi connectivity index (χ1v) is 14.3. The second-order valence-corrected chi connectivity index (χ2v) is 11.9. The van der Waals surface area contributed by atoms with Crippen LogP contribution in [0, 0.1) is 0 Å². The Kier molecular flexibility index (Phi) is 9.42. The zero-order valence-corrected chi connectivity index (χ0v) is 24.1. The Morgan fingerprint density at radius 3 is 2.31 bits per heavy atom. The molecule has 0 bridgehead atoms. The Balaban J connectivity index is 1.61. The van der Waals surface area contributed by atoms with Crippen LogP contribution in [0.1, 0.15) is 101 Å². The van der Waals surface area contributed by atoms with Crippen LogP contribution in [0.2, 0.25) is 0 Å². The predicted molar refractivity (Wildman–Crippen MR) is 147 cm³/mol. The fraction of sp³-hybridized carbons (Fsp3) is 0.567. The van der Waals surface area contributed by atoms with Gasteiger partial charge in [-0.25, -0.2) is 0 Å². The van der Waals surface area contributed by atoms with E-state index in [1.165, 1.54) is 28.9 Å². The minimum absolute atomic E-state index is 0.00609. The summed E-state index contributed by atoms with van der Waals surface area (Å²) in [4.78, 5) is 51.9. The predicted octanol–water partition coefficient (Wildman–Crippen LogP) is 5.44. The molecule has 42 heavy (non-hydrogen) atoms. The number of hydrogen-bond donors (Lipinski definition) is 1. The molecule has 0 unspecified atom stereocenters. The summed E-state index contributed by atoms with van der Waals surface area (Å²) in [5.41, 5.74) is -1.57. The first kappa shape index (κ1) is 31.2. The number of ether oxygens (including phenoxy) is 1. The van der Waals surface area contributed by atoms with Crippen molar-refractivity contribution in [3.05, 3.63) is 41.6 Å². The molecule has 1 aromatic heterocycles. The number of benzene rings is 1. The maximum absolute atomic E-state index is 13.9. The van der Waals surface area contributed by atoms with Crippen molar-refractivity contribution in [2.45, 2.75) is 102 Å². The zero-order valence-electron chi connectivity index (χ0n) is 24.1. The van der Waals surface area contributed by atoms with Gasteiger partial charge in [-0.3, -0.25) is 28.8 Å². The fourth-order valence-corrected chi connectivity index (χ4v) is 5.49. The average molecular weight is 591 g/mol. The van der Waals surface area contributed by atoms with E-state index in [9.17, 15) is 32.3 Å². The van der Waals surface area contributed by atoms with Crippen LogP contribution in [0.5, 0.6) is 0 Å². The van der Waals surface area contributed by atoms with Gasteiger partial charge in [0.05, 0.1) is 23.7 Å². The van der Waals surface area contributed by atoms with Gasteiger partial charge in [0.1, 0.15) is 5.60 Å². The van der Waals surface area contributed by atoms with Crippen LogP contribution in [0.3, 0.4) is 0 Å². The van der Waals surface area contributed by atoms with Crippen molar-refractivity contribution in [1.29, 1.82) is 0 Å². The van der Waals surface area contributed by atoms with Gasteiger partial charge in [-0.05, 0) is 58.6 Å². The standard InChI is InChI=1S/C30H37F3N4O5/c1-29(2,3)42-27(40)17-19(15-16-36-25(38)13-8-14-26(36)39)34-28(41)23-18-24(37(35-23)20-9-4-5-10-20)21-11-6-7-12-22(21)30(31,32)33/h6-7,11-12,18-20H,4-5,8-10,13-17H2,1-3H3,(H,34,41)/t19-/m0/s1. The lowest BCUT2D eigenvalue weighted by Gasteiger charge is -2.27. The second-order valence-electron chi connectivity index (χ2n) is 11.9. The van der Waals surface area contributed by atoms with Crippen molar-refractivity contribution in [2.75, 3.05) is 6.54 Å². The van der Waals surface area contributed by atoms with Crippen LogP contribution in [0.25, 0.3) is 11.3 Å². The van der Waals surface area contributed by atoms with Crippen LogP contribution >= 0.6 is 0 Å². The van der Waals surface area contributed by atoms with E-state index in [0.717, 1.165) is 36.6 Å². The van der Waals surface area contributed by atoms with E-state index in [4.69, 9.17) is 4.74 Å². The third-order valence-corrected chi connectivity index (χ3v) is 7.40. The number of esters is 1. The summed E-state index contributed by atoms with van der Waals surface area (Å²) >= 11 is 0. The van der Waals surface area contributed by atoms with Gasteiger partial charge in [-0.1, -0.05) is 31.0 Å². The van der Waals surface area contributed by atoms with Gasteiger partial charge in [0.2, 0.25) is 11.8 Å². The number of likely N-dealkylation sites (tertiary alicyclic amines) is 1. The molecule has 3 amide bonds. The van der Waals surface area contributed by atoms with Gasteiger partial charge < -0.3 is 10.1 Å². The number of imide groups is 1. The van der Waals surface area contributed by atoms with E-state index < -0.39 is 35.3 Å². The highest BCUT2D eigenvalue weighted by Gasteiger charge is 2.36. The number of aromatic nitrogens is 2. The van der Waals surface area contributed by atoms with Gasteiger partial charge >= 0.3 is 12.1 Å². The van der Waals surface area contributed by atoms with E-state index >= 15 is 0 Å². The van der Waals surface area contributed by atoms with Crippen LogP contribution in [0.4, 0.5) is 13.2 Å². The minimum Gasteiger partial charge on any atom is -0.460 e. The van der Waals surface area contributed by atoms with Crippen LogP contribution in [0.15, 0.2) is 30.3 Å². The van der Waals surface area contributed by atoms with Crippen molar-refractivity contribution in [3.8, 4) is 11.3 Å². The Hall–Kier alpha value is -3.70. The molecular weight excluding hydrogens is 553 g/mol. The number of carbonyl (C=O) groups is 4. The Morgan fingerprint density at radius 2 is 1.69 bits per heavy atom. The fourth-order valence-electron chi connectivity index (χ4n) is 5.49. The first-order valence-electron chi connectivity index (χ1n) is 14.3. The summed E-state index contributed by atoms with van der Waals surface area (Å²) in [6, 6.07) is 5.56. The van der Waals surface area contributed by atoms with Crippen molar-refractivity contribution >= 4 is 23.7 Å². The highest BCUT2D eigenvalue weighted by atomic mass is 19.4. The average Bonchev–Trinajstić information content (AvgIpc) is 3.57. The molecule has 0 spiro atoms. The quantitative estimate of drug-likeness (QED) is 0.308. The maximum Gasteiger partial charge on any atom is 0.417 e. The second kappa shape index (κ2) is 12.7. The smallest absolute Gasteiger partial charge is 0.417 e. The highest BCUT2D eigenvalue weighted by Crippen LogP contribution is 2.40. The molecule has 12 heteroatoms. The molecule has 1 N–H and O–H groups in total. The van der Waals surface area contributed by atoms with Crippen LogP contribution < -0.4 is 5.32 Å². The molecule has 2 aliphatic rings. The van der Waals surface area contributed by atoms with Gasteiger partial charge in [0, 0.05) is 31.0 Å². The molecule has 228 valence electrons. The number of rotatable bonds is 9. The number of hydrogen-bond acceptors (Lipinski definition) is 6. The summed E-state index contributed by atoms with van der Waals surface area (Å²) < 4.78 is 48.7. The molecular formula is C30H37F3N4O5. The van der Waals surface area contributed by atoms with E-state index in [2.05, 4.69) is 10.4 Å². The molecule has 1 aliphatic heterocycles. The van der Waals surface area contributed by atoms with E-state index in [0.29, 0.717) is 6.42 Å². The molecule has 1 aromatic carbocycles. The Labute approximate surface area is 242 Å². The Bertz CT molecular complexity index is 1310. The van der Waals surface area contributed by atoms with Gasteiger partial charge in [-0.2, -0.15) is 18.3 Å². The molecule has 1 saturated heterocycles. The largest absolute Gasteiger partial charge is 0.460 e.